The fourth-order valence-corrected chi connectivity index (χ4v) is 5.12. The molecule has 1 aliphatic heterocycles. The van der Waals surface area contributed by atoms with E-state index in [0.29, 0.717) is 24.8 Å². The summed E-state index contributed by atoms with van der Waals surface area (Å²) in [5.74, 6) is 0.0724. The number of carbonyl (C=O) groups excluding carboxylic acids is 2. The third-order valence-corrected chi connectivity index (χ3v) is 6.86. The van der Waals surface area contributed by atoms with Gasteiger partial charge in [0.15, 0.2) is 5.13 Å². The molecule has 0 saturated carbocycles. The fourth-order valence-electron chi connectivity index (χ4n) is 4.08. The first kappa shape index (κ1) is 20.6. The summed E-state index contributed by atoms with van der Waals surface area (Å²) in [6.07, 6.45) is 3.08. The van der Waals surface area contributed by atoms with Gasteiger partial charge in [-0.3, -0.25) is 9.59 Å². The van der Waals surface area contributed by atoms with E-state index in [9.17, 15) is 9.59 Å². The Morgan fingerprint density at radius 1 is 1.22 bits per heavy atom. The SMILES string of the molecule is CCOC(=O)C1CCc2sc(NC(=O)C3CN(c4cc(-c5ccccc5)ncn4)C3)nc21. The van der Waals surface area contributed by atoms with Crippen LogP contribution in [0, 0.1) is 5.92 Å². The summed E-state index contributed by atoms with van der Waals surface area (Å²) in [4.78, 5) is 41.2. The van der Waals surface area contributed by atoms with E-state index in [1.807, 2.05) is 36.4 Å². The van der Waals surface area contributed by atoms with Crippen LogP contribution in [0.1, 0.15) is 29.8 Å². The molecular weight excluding hydrogens is 426 g/mol. The van der Waals surface area contributed by atoms with Crippen LogP contribution in [0.25, 0.3) is 11.3 Å². The molecule has 1 N–H and O–H groups in total. The quantitative estimate of drug-likeness (QED) is 0.577. The third-order valence-electron chi connectivity index (χ3n) is 5.82. The first-order valence-corrected chi connectivity index (χ1v) is 11.5. The standard InChI is InChI=1S/C23H23N5O3S/c1-2-31-22(30)16-8-9-18-20(16)26-23(32-18)27-21(29)15-11-28(12-15)19-10-17(24-13-25-19)14-6-4-3-5-7-14/h3-7,10,13,15-16H,2,8-9,11-12H2,1H3,(H,26,27,29). The molecule has 8 nitrogen and oxygen atoms in total. The Morgan fingerprint density at radius 3 is 2.81 bits per heavy atom. The van der Waals surface area contributed by atoms with Crippen molar-refractivity contribution in [1.82, 2.24) is 15.0 Å². The van der Waals surface area contributed by atoms with Crippen molar-refractivity contribution in [1.29, 1.82) is 0 Å². The summed E-state index contributed by atoms with van der Waals surface area (Å²) < 4.78 is 5.15. The van der Waals surface area contributed by atoms with Gasteiger partial charge in [-0.1, -0.05) is 30.3 Å². The second-order valence-electron chi connectivity index (χ2n) is 7.89. The van der Waals surface area contributed by atoms with E-state index >= 15 is 0 Å². The average molecular weight is 450 g/mol. The first-order valence-electron chi connectivity index (χ1n) is 10.7. The van der Waals surface area contributed by atoms with Crippen LogP contribution in [-0.4, -0.2) is 46.5 Å². The molecule has 1 aliphatic carbocycles. The monoisotopic (exact) mass is 449 g/mol. The number of rotatable bonds is 6. The van der Waals surface area contributed by atoms with Crippen molar-refractivity contribution in [3.8, 4) is 11.3 Å². The average Bonchev–Trinajstić information content (AvgIpc) is 3.34. The number of aryl methyl sites for hydroxylation is 1. The predicted octanol–water partition coefficient (Wildman–Crippen LogP) is 3.27. The van der Waals surface area contributed by atoms with Crippen LogP contribution in [0.15, 0.2) is 42.7 Å². The Morgan fingerprint density at radius 2 is 2.03 bits per heavy atom. The van der Waals surface area contributed by atoms with Gasteiger partial charge in [0, 0.05) is 29.6 Å². The Kier molecular flexibility index (Phi) is 5.57. The zero-order valence-electron chi connectivity index (χ0n) is 17.7. The van der Waals surface area contributed by atoms with E-state index in [0.717, 1.165) is 40.5 Å². The minimum atomic E-state index is -0.317. The molecule has 1 aromatic carbocycles. The molecule has 32 heavy (non-hydrogen) atoms. The van der Waals surface area contributed by atoms with Crippen LogP contribution in [0.4, 0.5) is 10.9 Å². The number of aromatic nitrogens is 3. The zero-order chi connectivity index (χ0) is 22.1. The maximum Gasteiger partial charge on any atom is 0.315 e. The van der Waals surface area contributed by atoms with Crippen molar-refractivity contribution in [3.63, 3.8) is 0 Å². The summed E-state index contributed by atoms with van der Waals surface area (Å²) in [6, 6.07) is 11.9. The van der Waals surface area contributed by atoms with Crippen LogP contribution >= 0.6 is 11.3 Å². The van der Waals surface area contributed by atoms with Crippen molar-refractivity contribution in [3.05, 3.63) is 53.3 Å². The molecule has 164 valence electrons. The molecule has 1 fully saturated rings. The van der Waals surface area contributed by atoms with Crippen molar-refractivity contribution in [2.75, 3.05) is 29.9 Å². The van der Waals surface area contributed by atoms with Crippen LogP contribution in [0.2, 0.25) is 0 Å². The lowest BCUT2D eigenvalue weighted by Gasteiger charge is -2.38. The normalized spacial score (nSPS) is 17.5. The summed E-state index contributed by atoms with van der Waals surface area (Å²) >= 11 is 1.45. The Bertz CT molecular complexity index is 1140. The molecular formula is C23H23N5O3S. The van der Waals surface area contributed by atoms with Gasteiger partial charge in [0.1, 0.15) is 18.1 Å². The van der Waals surface area contributed by atoms with Gasteiger partial charge in [-0.2, -0.15) is 0 Å². The van der Waals surface area contributed by atoms with Gasteiger partial charge >= 0.3 is 5.97 Å². The van der Waals surface area contributed by atoms with Gasteiger partial charge in [-0.25, -0.2) is 15.0 Å². The molecule has 1 unspecified atom stereocenters. The third kappa shape index (κ3) is 3.95. The summed E-state index contributed by atoms with van der Waals surface area (Å²) in [6.45, 7) is 3.34. The number of hydrogen-bond donors (Lipinski definition) is 1. The lowest BCUT2D eigenvalue weighted by atomic mass is 9.99. The predicted molar refractivity (Wildman–Crippen MR) is 122 cm³/mol. The smallest absolute Gasteiger partial charge is 0.315 e. The first-order chi connectivity index (χ1) is 15.6. The number of hydrogen-bond acceptors (Lipinski definition) is 8. The number of nitrogens with zero attached hydrogens (tertiary/aromatic N) is 4. The number of anilines is 2. The molecule has 0 spiro atoms. The lowest BCUT2D eigenvalue weighted by Crippen LogP contribution is -2.52. The van der Waals surface area contributed by atoms with Crippen LogP contribution in [0.3, 0.4) is 0 Å². The van der Waals surface area contributed by atoms with E-state index in [4.69, 9.17) is 4.74 Å². The zero-order valence-corrected chi connectivity index (χ0v) is 18.5. The molecule has 1 saturated heterocycles. The van der Waals surface area contributed by atoms with Gasteiger partial charge in [0.2, 0.25) is 5.91 Å². The van der Waals surface area contributed by atoms with Gasteiger partial charge in [0.25, 0.3) is 0 Å². The number of fused-ring (bicyclic) bond motifs is 1. The van der Waals surface area contributed by atoms with Crippen molar-refractivity contribution in [2.45, 2.75) is 25.7 Å². The number of esters is 1. The molecule has 1 atom stereocenters. The molecule has 0 bridgehead atoms. The molecule has 2 aliphatic rings. The van der Waals surface area contributed by atoms with Crippen LogP contribution < -0.4 is 10.2 Å². The largest absolute Gasteiger partial charge is 0.465 e. The summed E-state index contributed by atoms with van der Waals surface area (Å²) in [5.41, 5.74) is 2.65. The number of thiazole rings is 1. The van der Waals surface area contributed by atoms with Gasteiger partial charge in [-0.15, -0.1) is 11.3 Å². The molecule has 1 amide bonds. The molecule has 3 aromatic rings. The molecule has 2 aromatic heterocycles. The van der Waals surface area contributed by atoms with Crippen LogP contribution in [0.5, 0.6) is 0 Å². The van der Waals surface area contributed by atoms with Crippen molar-refractivity contribution < 1.29 is 14.3 Å². The highest BCUT2D eigenvalue weighted by Crippen LogP contribution is 2.39. The van der Waals surface area contributed by atoms with Gasteiger partial charge < -0.3 is 15.0 Å². The fraction of sp³-hybridized carbons (Fsp3) is 0.348. The maximum atomic E-state index is 12.7. The highest BCUT2D eigenvalue weighted by atomic mass is 32.1. The number of amides is 1. The van der Waals surface area contributed by atoms with E-state index in [1.54, 1.807) is 13.3 Å². The molecule has 0 radical (unpaired) electrons. The number of benzene rings is 1. The number of carbonyl (C=O) groups is 2. The second-order valence-corrected chi connectivity index (χ2v) is 8.97. The summed E-state index contributed by atoms with van der Waals surface area (Å²) in [5, 5.41) is 3.49. The van der Waals surface area contributed by atoms with E-state index in [1.165, 1.54) is 11.3 Å². The lowest BCUT2D eigenvalue weighted by molar-refractivity contribution is -0.145. The Labute approximate surface area is 189 Å². The molecule has 5 rings (SSSR count). The Balaban J connectivity index is 1.19. The van der Waals surface area contributed by atoms with Gasteiger partial charge in [0.05, 0.1) is 23.9 Å². The van der Waals surface area contributed by atoms with E-state index < -0.39 is 0 Å². The van der Waals surface area contributed by atoms with Gasteiger partial charge in [-0.05, 0) is 19.8 Å². The maximum absolute atomic E-state index is 12.7. The number of nitrogens with one attached hydrogen (secondary N) is 1. The van der Waals surface area contributed by atoms with Crippen molar-refractivity contribution in [2.24, 2.45) is 5.92 Å². The van der Waals surface area contributed by atoms with E-state index in [2.05, 4.69) is 25.2 Å². The second kappa shape index (κ2) is 8.66. The number of ether oxygens (including phenoxy) is 1. The highest BCUT2D eigenvalue weighted by molar-refractivity contribution is 7.16. The topological polar surface area (TPSA) is 97.3 Å². The highest BCUT2D eigenvalue weighted by Gasteiger charge is 2.36. The Hall–Kier alpha value is -3.33. The minimum Gasteiger partial charge on any atom is -0.465 e. The van der Waals surface area contributed by atoms with E-state index in [-0.39, 0.29) is 23.7 Å². The summed E-state index contributed by atoms with van der Waals surface area (Å²) in [7, 11) is 0. The van der Waals surface area contributed by atoms with Crippen molar-refractivity contribution >= 4 is 34.2 Å². The van der Waals surface area contributed by atoms with Crippen LogP contribution in [-0.2, 0) is 20.7 Å². The molecule has 3 heterocycles. The molecule has 9 heteroatoms. The minimum absolute atomic E-state index is 0.0568.